The predicted molar refractivity (Wildman–Crippen MR) is 61.4 cm³/mol. The fourth-order valence-corrected chi connectivity index (χ4v) is 0.438. The van der Waals surface area contributed by atoms with Crippen molar-refractivity contribution in [1.29, 1.82) is 5.26 Å². The number of hydrogen-bond acceptors (Lipinski definition) is 6. The molecular formula is C10H13N2O6-. The van der Waals surface area contributed by atoms with Crippen molar-refractivity contribution < 1.29 is 29.6 Å². The van der Waals surface area contributed by atoms with Crippen molar-refractivity contribution in [1.82, 2.24) is 0 Å². The minimum atomic E-state index is -0.778. The van der Waals surface area contributed by atoms with Crippen LogP contribution < -0.4 is 0 Å². The Morgan fingerprint density at radius 3 is 1.89 bits per heavy atom. The zero-order valence-electron chi connectivity index (χ0n) is 9.89. The lowest BCUT2D eigenvalue weighted by Gasteiger charge is -1.97. The van der Waals surface area contributed by atoms with Crippen LogP contribution in [0.25, 0.3) is 5.41 Å². The second-order valence-corrected chi connectivity index (χ2v) is 2.32. The third kappa shape index (κ3) is 8.82. The Morgan fingerprint density at radius 1 is 1.33 bits per heavy atom. The summed E-state index contributed by atoms with van der Waals surface area (Å²) in [4.78, 5) is 20.5. The van der Waals surface area contributed by atoms with Crippen LogP contribution in [0.3, 0.4) is 0 Å². The Kier molecular flexibility index (Phi) is 14.6. The normalized spacial score (nSPS) is 7.00. The highest BCUT2D eigenvalue weighted by molar-refractivity contribution is 5.98. The van der Waals surface area contributed by atoms with Gasteiger partial charge in [-0.3, -0.25) is 5.87 Å². The number of carbonyl (C=O) groups excluding carboxylic acids is 2. The van der Waals surface area contributed by atoms with Crippen molar-refractivity contribution in [3.8, 4) is 6.07 Å². The number of rotatable bonds is 3. The Balaban J connectivity index is -0.000000238. The summed E-state index contributed by atoms with van der Waals surface area (Å²) in [6.07, 6.45) is 0. The summed E-state index contributed by atoms with van der Waals surface area (Å²) in [6.45, 7) is 2.54. The van der Waals surface area contributed by atoms with Crippen LogP contribution in [0.4, 0.5) is 0 Å². The summed E-state index contributed by atoms with van der Waals surface area (Å²) in [5.74, 6) is 0.0431. The summed E-state index contributed by atoms with van der Waals surface area (Å²) in [6, 6.07) is 1.55. The van der Waals surface area contributed by atoms with Crippen LogP contribution in [0.1, 0.15) is 0 Å². The molecule has 0 saturated carbocycles. The van der Waals surface area contributed by atoms with Crippen molar-refractivity contribution in [3.05, 3.63) is 23.1 Å². The molecule has 0 heterocycles. The lowest BCUT2D eigenvalue weighted by Crippen LogP contribution is -2.08. The lowest BCUT2D eigenvalue weighted by molar-refractivity contribution is -0.136. The third-order valence-electron chi connectivity index (χ3n) is 1.29. The minimum absolute atomic E-state index is 0. The second-order valence-electron chi connectivity index (χ2n) is 2.32. The molecule has 0 saturated heterocycles. The van der Waals surface area contributed by atoms with Gasteiger partial charge in [0.15, 0.2) is 0 Å². The molecule has 0 aromatic rings. The average Bonchev–Trinajstić information content (AvgIpc) is 2.38. The first kappa shape index (κ1) is 20.9. The Hall–Kier alpha value is -2.46. The van der Waals surface area contributed by atoms with E-state index in [-0.39, 0.29) is 16.6 Å². The number of methoxy groups -OCH3 is 2. The fraction of sp³-hybridized carbons (Fsp3) is 0.300. The molecule has 0 aliphatic carbocycles. The van der Waals surface area contributed by atoms with Gasteiger partial charge in [0.2, 0.25) is 0 Å². The first-order chi connectivity index (χ1) is 7.98. The van der Waals surface area contributed by atoms with Crippen LogP contribution in [0.5, 0.6) is 0 Å². The molecule has 0 aliphatic heterocycles. The molecule has 0 bridgehead atoms. The molecule has 0 aromatic carbocycles. The van der Waals surface area contributed by atoms with E-state index in [0.717, 1.165) is 7.11 Å². The molecule has 0 aliphatic rings. The maximum Gasteiger partial charge on any atom is 0.347 e. The van der Waals surface area contributed by atoms with Crippen LogP contribution >= 0.6 is 0 Å². The lowest BCUT2D eigenvalue weighted by atomic mass is 10.3. The van der Waals surface area contributed by atoms with Gasteiger partial charge in [0.05, 0.1) is 26.4 Å². The average molecular weight is 257 g/mol. The van der Waals surface area contributed by atoms with E-state index in [9.17, 15) is 9.59 Å². The van der Waals surface area contributed by atoms with Gasteiger partial charge in [-0.15, -0.1) is 0 Å². The van der Waals surface area contributed by atoms with Crippen molar-refractivity contribution in [2.24, 2.45) is 0 Å². The molecule has 18 heavy (non-hydrogen) atoms. The van der Waals surface area contributed by atoms with Gasteiger partial charge < -0.3 is 25.5 Å². The van der Waals surface area contributed by atoms with Crippen LogP contribution in [-0.2, 0) is 19.1 Å². The zero-order valence-corrected chi connectivity index (χ0v) is 9.89. The molecule has 0 atom stereocenters. The van der Waals surface area contributed by atoms with Gasteiger partial charge in [0, 0.05) is 0 Å². The van der Waals surface area contributed by atoms with Gasteiger partial charge in [0.25, 0.3) is 0 Å². The standard InChI is InChI=1S/C5H6NO3.C5H5NO2.H2O/c1-9-5(8)4(2-6)3-7;1-4(3-6)5(7)8-2;/h7H,3H2,1H3;1H2,2H3;1H2/q-1;;. The van der Waals surface area contributed by atoms with E-state index in [0.29, 0.717) is 0 Å². The number of aliphatic hydroxyl groups is 1. The highest BCUT2D eigenvalue weighted by Crippen LogP contribution is 1.88. The van der Waals surface area contributed by atoms with Crippen molar-refractivity contribution in [2.75, 3.05) is 20.8 Å². The van der Waals surface area contributed by atoms with Crippen LogP contribution in [0.2, 0.25) is 0 Å². The zero-order chi connectivity index (χ0) is 13.8. The monoisotopic (exact) mass is 257 g/mol. The number of carbonyl (C=O) groups is 2. The fourth-order valence-electron chi connectivity index (χ4n) is 0.438. The summed E-state index contributed by atoms with van der Waals surface area (Å²) in [5, 5.41) is 24.3. The maximum absolute atomic E-state index is 10.3. The van der Waals surface area contributed by atoms with Crippen molar-refractivity contribution in [3.63, 3.8) is 0 Å². The van der Waals surface area contributed by atoms with Crippen LogP contribution in [-0.4, -0.2) is 49.2 Å². The van der Waals surface area contributed by atoms with Gasteiger partial charge in [-0.05, 0) is 0 Å². The molecule has 100 valence electrons. The highest BCUT2D eigenvalue weighted by atomic mass is 16.5. The number of nitriles is 1. The highest BCUT2D eigenvalue weighted by Gasteiger charge is 2.03. The van der Waals surface area contributed by atoms with Gasteiger partial charge in [-0.25, -0.2) is 9.59 Å². The molecule has 8 nitrogen and oxygen atoms in total. The van der Waals surface area contributed by atoms with E-state index in [2.05, 4.69) is 16.1 Å². The number of aliphatic hydroxyl groups excluding tert-OH is 1. The summed E-state index contributed by atoms with van der Waals surface area (Å²) >= 11 is 0. The quantitative estimate of drug-likeness (QED) is 0.288. The molecule has 0 unspecified atom stereocenters. The molecular weight excluding hydrogens is 244 g/mol. The topological polar surface area (TPSA) is 150 Å². The number of nitrogens with zero attached hydrogens (tertiary/aromatic N) is 2. The molecule has 0 radical (unpaired) electrons. The van der Waals surface area contributed by atoms with E-state index in [1.807, 2.05) is 0 Å². The van der Waals surface area contributed by atoms with Gasteiger partial charge in [-0.2, -0.15) is 5.26 Å². The smallest absolute Gasteiger partial charge is 0.347 e. The Bertz CT molecular complexity index is 390. The van der Waals surface area contributed by atoms with E-state index < -0.39 is 18.5 Å². The molecule has 3 N–H and O–H groups in total. The van der Waals surface area contributed by atoms with E-state index >= 15 is 0 Å². The molecule has 0 amide bonds. The molecule has 0 spiro atoms. The van der Waals surface area contributed by atoms with E-state index in [1.165, 1.54) is 13.0 Å². The van der Waals surface area contributed by atoms with Crippen LogP contribution in [0.15, 0.2) is 17.7 Å². The van der Waals surface area contributed by atoms with Gasteiger partial charge in [0.1, 0.15) is 11.6 Å². The number of hydrogen-bond donors (Lipinski definition) is 1. The maximum atomic E-state index is 10.3. The third-order valence-corrected chi connectivity index (χ3v) is 1.29. The van der Waals surface area contributed by atoms with Crippen molar-refractivity contribution >= 4 is 17.8 Å². The van der Waals surface area contributed by atoms with Gasteiger partial charge in [-0.1, -0.05) is 6.58 Å². The molecule has 0 aromatic heterocycles. The second kappa shape index (κ2) is 12.6. The first-order valence-electron chi connectivity index (χ1n) is 4.10. The molecule has 0 fully saturated rings. The Labute approximate surface area is 104 Å². The van der Waals surface area contributed by atoms with Crippen molar-refractivity contribution in [2.45, 2.75) is 0 Å². The summed E-state index contributed by atoms with van der Waals surface area (Å²) in [5.41, 5.74) is -0.454. The van der Waals surface area contributed by atoms with Crippen LogP contribution in [0, 0.1) is 11.3 Å². The summed E-state index contributed by atoms with van der Waals surface area (Å²) < 4.78 is 8.28. The van der Waals surface area contributed by atoms with Gasteiger partial charge >= 0.3 is 11.9 Å². The van der Waals surface area contributed by atoms with E-state index in [4.69, 9.17) is 15.8 Å². The minimum Gasteiger partial charge on any atom is -0.763 e. The van der Waals surface area contributed by atoms with E-state index in [1.54, 1.807) is 6.07 Å². The number of ether oxygens (including phenoxy) is 2. The molecule has 0 rings (SSSR count). The number of esters is 2. The predicted octanol–water partition coefficient (Wildman–Crippen LogP) is -1.27. The largest absolute Gasteiger partial charge is 0.763 e. The summed E-state index contributed by atoms with van der Waals surface area (Å²) in [7, 11) is 2.35. The molecule has 8 heteroatoms. The SMILES string of the molecule is C=C(C#N)C(=O)OC.COC(=O)C(=C=[N-])CO.O. The Morgan fingerprint density at radius 2 is 1.78 bits per heavy atom. The first-order valence-corrected chi connectivity index (χ1v) is 4.10.